The first kappa shape index (κ1) is 11.3. The molecule has 0 bridgehead atoms. The van der Waals surface area contributed by atoms with E-state index in [9.17, 15) is 0 Å². The van der Waals surface area contributed by atoms with Crippen molar-refractivity contribution >= 4 is 11.5 Å². The van der Waals surface area contributed by atoms with Crippen molar-refractivity contribution < 1.29 is 0 Å². The average molecular weight is 222 g/mol. The maximum atomic E-state index is 6.06. The summed E-state index contributed by atoms with van der Waals surface area (Å²) in [7, 11) is 1.95. The Balaban J connectivity index is 2.06. The number of nitrogens with zero attached hydrogens (tertiary/aromatic N) is 2. The molecular weight excluding hydrogens is 200 g/mol. The van der Waals surface area contributed by atoms with Crippen LogP contribution in [0.4, 0.5) is 11.5 Å². The average Bonchev–Trinajstić information content (AvgIpc) is 3.01. The van der Waals surface area contributed by atoms with Crippen molar-refractivity contribution in [3.8, 4) is 0 Å². The lowest BCUT2D eigenvalue weighted by atomic mass is 10.0. The fourth-order valence-electron chi connectivity index (χ4n) is 2.17. The summed E-state index contributed by atoms with van der Waals surface area (Å²) in [5.74, 6) is 0.983. The molecule has 0 atom stereocenters. The molecule has 2 rings (SSSR count). The van der Waals surface area contributed by atoms with Crippen molar-refractivity contribution in [1.29, 1.82) is 0 Å². The van der Waals surface area contributed by atoms with E-state index in [1.807, 2.05) is 11.7 Å². The van der Waals surface area contributed by atoms with Gasteiger partial charge in [0.2, 0.25) is 0 Å². The first-order valence-electron chi connectivity index (χ1n) is 6.17. The number of anilines is 2. The minimum Gasteiger partial charge on any atom is -0.394 e. The predicted molar refractivity (Wildman–Crippen MR) is 67.4 cm³/mol. The van der Waals surface area contributed by atoms with Crippen LogP contribution in [-0.2, 0) is 13.5 Å². The van der Waals surface area contributed by atoms with Gasteiger partial charge in [-0.3, -0.25) is 4.68 Å². The van der Waals surface area contributed by atoms with E-state index in [0.717, 1.165) is 30.2 Å². The first-order chi connectivity index (χ1) is 7.62. The van der Waals surface area contributed by atoms with Crippen molar-refractivity contribution in [2.24, 2.45) is 12.5 Å². The van der Waals surface area contributed by atoms with Gasteiger partial charge in [0.25, 0.3) is 0 Å². The standard InChI is InChI=1S/C12H22N4/c1-4-9-10(13)11(16(3)15-9)14-8-12(5-2)6-7-12/h14H,4-8,13H2,1-3H3. The van der Waals surface area contributed by atoms with Gasteiger partial charge < -0.3 is 11.1 Å². The molecule has 1 saturated carbocycles. The monoisotopic (exact) mass is 222 g/mol. The van der Waals surface area contributed by atoms with E-state index < -0.39 is 0 Å². The number of rotatable bonds is 5. The second kappa shape index (κ2) is 4.00. The summed E-state index contributed by atoms with van der Waals surface area (Å²) in [6.45, 7) is 5.37. The summed E-state index contributed by atoms with van der Waals surface area (Å²) in [6.07, 6.45) is 4.82. The summed E-state index contributed by atoms with van der Waals surface area (Å²) in [6, 6.07) is 0. The quantitative estimate of drug-likeness (QED) is 0.802. The zero-order valence-electron chi connectivity index (χ0n) is 10.5. The van der Waals surface area contributed by atoms with Gasteiger partial charge >= 0.3 is 0 Å². The molecule has 0 unspecified atom stereocenters. The molecule has 0 spiro atoms. The van der Waals surface area contributed by atoms with Gasteiger partial charge in [-0.25, -0.2) is 0 Å². The van der Waals surface area contributed by atoms with E-state index in [1.165, 1.54) is 19.3 Å². The van der Waals surface area contributed by atoms with Crippen LogP contribution < -0.4 is 11.1 Å². The normalized spacial score (nSPS) is 17.4. The van der Waals surface area contributed by atoms with Crippen molar-refractivity contribution in [3.63, 3.8) is 0 Å². The van der Waals surface area contributed by atoms with E-state index in [2.05, 4.69) is 24.3 Å². The van der Waals surface area contributed by atoms with Crippen LogP contribution in [0.15, 0.2) is 0 Å². The smallest absolute Gasteiger partial charge is 0.147 e. The van der Waals surface area contributed by atoms with E-state index in [0.29, 0.717) is 5.41 Å². The van der Waals surface area contributed by atoms with Crippen LogP contribution in [0.25, 0.3) is 0 Å². The Labute approximate surface area is 97.2 Å². The van der Waals surface area contributed by atoms with Crippen molar-refractivity contribution in [1.82, 2.24) is 9.78 Å². The molecular formula is C12H22N4. The topological polar surface area (TPSA) is 55.9 Å². The largest absolute Gasteiger partial charge is 0.394 e. The van der Waals surface area contributed by atoms with Gasteiger partial charge in [0, 0.05) is 13.6 Å². The zero-order chi connectivity index (χ0) is 11.8. The van der Waals surface area contributed by atoms with Crippen LogP contribution >= 0.6 is 0 Å². The summed E-state index contributed by atoms with van der Waals surface area (Å²) in [5.41, 5.74) is 8.40. The van der Waals surface area contributed by atoms with E-state index in [1.54, 1.807) is 0 Å². The van der Waals surface area contributed by atoms with Crippen LogP contribution in [0.3, 0.4) is 0 Å². The number of hydrogen-bond acceptors (Lipinski definition) is 3. The number of nitrogen functional groups attached to an aromatic ring is 1. The second-order valence-electron chi connectivity index (χ2n) is 4.89. The third-order valence-corrected chi connectivity index (χ3v) is 3.83. The summed E-state index contributed by atoms with van der Waals surface area (Å²) < 4.78 is 1.86. The van der Waals surface area contributed by atoms with Gasteiger partial charge in [0.1, 0.15) is 5.82 Å². The predicted octanol–water partition coefficient (Wildman–Crippen LogP) is 2.17. The highest BCUT2D eigenvalue weighted by atomic mass is 15.3. The van der Waals surface area contributed by atoms with Crippen LogP contribution in [-0.4, -0.2) is 16.3 Å². The van der Waals surface area contributed by atoms with Crippen molar-refractivity contribution in [2.45, 2.75) is 39.5 Å². The van der Waals surface area contributed by atoms with Gasteiger partial charge in [-0.05, 0) is 31.1 Å². The second-order valence-corrected chi connectivity index (χ2v) is 4.89. The summed E-state index contributed by atoms with van der Waals surface area (Å²) >= 11 is 0. The minimum atomic E-state index is 0.531. The Morgan fingerprint density at radius 1 is 1.44 bits per heavy atom. The maximum absolute atomic E-state index is 6.06. The number of hydrogen-bond donors (Lipinski definition) is 2. The molecule has 4 heteroatoms. The van der Waals surface area contributed by atoms with E-state index >= 15 is 0 Å². The molecule has 0 amide bonds. The third kappa shape index (κ3) is 1.88. The highest BCUT2D eigenvalue weighted by molar-refractivity contribution is 5.65. The zero-order valence-corrected chi connectivity index (χ0v) is 10.5. The fraction of sp³-hybridized carbons (Fsp3) is 0.750. The van der Waals surface area contributed by atoms with Crippen LogP contribution in [0.5, 0.6) is 0 Å². The maximum Gasteiger partial charge on any atom is 0.147 e. The van der Waals surface area contributed by atoms with Crippen LogP contribution in [0.1, 0.15) is 38.8 Å². The highest BCUT2D eigenvalue weighted by Crippen LogP contribution is 2.48. The highest BCUT2D eigenvalue weighted by Gasteiger charge is 2.40. The number of nitrogens with one attached hydrogen (secondary N) is 1. The van der Waals surface area contributed by atoms with Crippen molar-refractivity contribution in [3.05, 3.63) is 5.69 Å². The van der Waals surface area contributed by atoms with Crippen LogP contribution in [0, 0.1) is 5.41 Å². The lowest BCUT2D eigenvalue weighted by molar-refractivity contribution is 0.519. The Morgan fingerprint density at radius 2 is 2.12 bits per heavy atom. The first-order valence-corrected chi connectivity index (χ1v) is 6.17. The number of aryl methyl sites for hydroxylation is 2. The van der Waals surface area contributed by atoms with Gasteiger partial charge in [-0.1, -0.05) is 13.8 Å². The number of aromatic nitrogens is 2. The molecule has 1 aliphatic carbocycles. The molecule has 1 heterocycles. The van der Waals surface area contributed by atoms with Gasteiger partial charge in [-0.15, -0.1) is 0 Å². The Bertz CT molecular complexity index is 377. The minimum absolute atomic E-state index is 0.531. The third-order valence-electron chi connectivity index (χ3n) is 3.83. The molecule has 1 aromatic rings. The Kier molecular flexibility index (Phi) is 2.82. The molecule has 1 aliphatic rings. The molecule has 0 radical (unpaired) electrons. The summed E-state index contributed by atoms with van der Waals surface area (Å²) in [5, 5.41) is 7.87. The molecule has 16 heavy (non-hydrogen) atoms. The molecule has 3 N–H and O–H groups in total. The molecule has 4 nitrogen and oxygen atoms in total. The molecule has 1 aromatic heterocycles. The van der Waals surface area contributed by atoms with Gasteiger partial charge in [-0.2, -0.15) is 5.10 Å². The van der Waals surface area contributed by atoms with Gasteiger partial charge in [0.05, 0.1) is 11.4 Å². The Morgan fingerprint density at radius 3 is 2.56 bits per heavy atom. The lowest BCUT2D eigenvalue weighted by Gasteiger charge is -2.14. The molecule has 1 fully saturated rings. The van der Waals surface area contributed by atoms with Crippen LogP contribution in [0.2, 0.25) is 0 Å². The lowest BCUT2D eigenvalue weighted by Crippen LogP contribution is -2.17. The van der Waals surface area contributed by atoms with Crippen molar-refractivity contribution in [2.75, 3.05) is 17.6 Å². The molecule has 0 aliphatic heterocycles. The van der Waals surface area contributed by atoms with E-state index in [-0.39, 0.29) is 0 Å². The molecule has 0 saturated heterocycles. The summed E-state index contributed by atoms with van der Waals surface area (Å²) in [4.78, 5) is 0. The fourth-order valence-corrected chi connectivity index (χ4v) is 2.17. The van der Waals surface area contributed by atoms with E-state index in [4.69, 9.17) is 5.73 Å². The molecule has 90 valence electrons. The SMILES string of the molecule is CCc1nn(C)c(NCC2(CC)CC2)c1N. The molecule has 0 aromatic carbocycles. The Hall–Kier alpha value is -1.19. The number of nitrogens with two attached hydrogens (primary N) is 1. The van der Waals surface area contributed by atoms with Gasteiger partial charge in [0.15, 0.2) is 0 Å².